The van der Waals surface area contributed by atoms with E-state index in [1.807, 2.05) is 41.1 Å². The van der Waals surface area contributed by atoms with E-state index in [2.05, 4.69) is 30.0 Å². The van der Waals surface area contributed by atoms with E-state index in [-0.39, 0.29) is 17.6 Å². The van der Waals surface area contributed by atoms with Gasteiger partial charge in [0.05, 0.1) is 6.61 Å². The number of rotatable bonds is 7. The molecular weight excluding hydrogens is 412 g/mol. The van der Waals surface area contributed by atoms with Crippen molar-refractivity contribution >= 4 is 40.0 Å². The van der Waals surface area contributed by atoms with E-state index in [9.17, 15) is 9.59 Å². The number of hydrogen-bond acceptors (Lipinski definition) is 4. The van der Waals surface area contributed by atoms with Crippen molar-refractivity contribution in [2.24, 2.45) is 5.92 Å². The van der Waals surface area contributed by atoms with E-state index in [4.69, 9.17) is 17.0 Å². The second kappa shape index (κ2) is 10.6. The summed E-state index contributed by atoms with van der Waals surface area (Å²) in [6.45, 7) is 4.96. The minimum atomic E-state index is -0.391. The third kappa shape index (κ3) is 6.55. The largest absolute Gasteiger partial charge is 0.494 e. The van der Waals surface area contributed by atoms with Crippen molar-refractivity contribution in [3.63, 3.8) is 0 Å². The molecule has 1 heterocycles. The first kappa shape index (κ1) is 22.3. The predicted octanol–water partition coefficient (Wildman–Crippen LogP) is 3.40. The molecule has 162 valence electrons. The van der Waals surface area contributed by atoms with Crippen molar-refractivity contribution in [2.45, 2.75) is 26.8 Å². The van der Waals surface area contributed by atoms with Gasteiger partial charge in [-0.3, -0.25) is 25.8 Å². The van der Waals surface area contributed by atoms with Crippen molar-refractivity contribution < 1.29 is 14.3 Å². The summed E-state index contributed by atoms with van der Waals surface area (Å²) in [5, 5.41) is 3.60. The second-order valence-electron chi connectivity index (χ2n) is 7.52. The van der Waals surface area contributed by atoms with Crippen molar-refractivity contribution in [1.29, 1.82) is 0 Å². The summed E-state index contributed by atoms with van der Waals surface area (Å²) < 4.78 is 7.52. The van der Waals surface area contributed by atoms with Gasteiger partial charge in [0.25, 0.3) is 11.8 Å². The summed E-state index contributed by atoms with van der Waals surface area (Å²) in [5.41, 5.74) is 6.44. The topological polar surface area (TPSA) is 84.4 Å². The highest BCUT2D eigenvalue weighted by Gasteiger charge is 2.11. The quantitative estimate of drug-likeness (QED) is 0.389. The maximum Gasteiger partial charge on any atom is 0.258 e. The van der Waals surface area contributed by atoms with Crippen molar-refractivity contribution in [3.05, 3.63) is 66.4 Å². The molecule has 0 unspecified atom stereocenters. The molecule has 0 spiro atoms. The van der Waals surface area contributed by atoms with E-state index in [1.54, 1.807) is 24.3 Å². The van der Waals surface area contributed by atoms with Crippen molar-refractivity contribution in [3.8, 4) is 5.75 Å². The highest BCUT2D eigenvalue weighted by Crippen LogP contribution is 2.15. The average Bonchev–Trinajstić information content (AvgIpc) is 3.15. The zero-order valence-electron chi connectivity index (χ0n) is 17.6. The van der Waals surface area contributed by atoms with E-state index in [1.165, 1.54) is 0 Å². The zero-order valence-corrected chi connectivity index (χ0v) is 18.4. The molecule has 2 aromatic carbocycles. The lowest BCUT2D eigenvalue weighted by Crippen LogP contribution is -2.49. The van der Waals surface area contributed by atoms with Gasteiger partial charge >= 0.3 is 0 Å². The molecule has 0 bridgehead atoms. The number of nitrogens with zero attached hydrogens (tertiary/aromatic N) is 1. The summed E-state index contributed by atoms with van der Waals surface area (Å²) >= 11 is 5.11. The molecule has 8 heteroatoms. The monoisotopic (exact) mass is 438 g/mol. The molecule has 3 aromatic rings. The molecule has 2 amide bonds. The Balaban J connectivity index is 1.47. The van der Waals surface area contributed by atoms with Gasteiger partial charge < -0.3 is 9.30 Å². The fraction of sp³-hybridized carbons (Fsp3) is 0.261. The summed E-state index contributed by atoms with van der Waals surface area (Å²) in [4.78, 5) is 24.6. The molecule has 0 fully saturated rings. The van der Waals surface area contributed by atoms with Crippen LogP contribution in [0.2, 0.25) is 0 Å². The van der Waals surface area contributed by atoms with Crippen LogP contribution in [0.15, 0.2) is 60.8 Å². The molecule has 0 saturated carbocycles. The molecule has 0 aliphatic rings. The minimum absolute atomic E-state index is 0.00171. The number of thiocarbonyl (C=S) groups is 1. The number of ether oxygens (including phenoxy) is 1. The van der Waals surface area contributed by atoms with Crippen molar-refractivity contribution in [2.75, 3.05) is 6.61 Å². The molecule has 3 rings (SSSR count). The number of carbonyl (C=O) groups excluding carboxylic acids is 2. The lowest BCUT2D eigenvalue weighted by atomic mass is 10.1. The lowest BCUT2D eigenvalue weighted by Gasteiger charge is -2.12. The molecule has 0 aliphatic carbocycles. The molecule has 0 atom stereocenters. The van der Waals surface area contributed by atoms with Gasteiger partial charge in [-0.25, -0.2) is 0 Å². The first-order chi connectivity index (χ1) is 14.9. The van der Waals surface area contributed by atoms with Gasteiger partial charge in [0.15, 0.2) is 5.11 Å². The second-order valence-corrected chi connectivity index (χ2v) is 7.93. The number of nitrogens with one attached hydrogen (secondary N) is 3. The van der Waals surface area contributed by atoms with Crippen LogP contribution in [0.3, 0.4) is 0 Å². The number of aromatic nitrogens is 1. The van der Waals surface area contributed by atoms with Gasteiger partial charge in [0, 0.05) is 17.3 Å². The normalized spacial score (nSPS) is 10.7. The van der Waals surface area contributed by atoms with Crippen LogP contribution in [-0.2, 0) is 11.3 Å². The van der Waals surface area contributed by atoms with E-state index >= 15 is 0 Å². The number of amides is 2. The first-order valence-corrected chi connectivity index (χ1v) is 10.5. The molecule has 31 heavy (non-hydrogen) atoms. The smallest absolute Gasteiger partial charge is 0.258 e. The third-order valence-corrected chi connectivity index (χ3v) is 4.80. The van der Waals surface area contributed by atoms with Crippen LogP contribution >= 0.6 is 12.2 Å². The summed E-state index contributed by atoms with van der Waals surface area (Å²) in [7, 11) is 0. The fourth-order valence-electron chi connectivity index (χ4n) is 2.95. The number of hydrogen-bond donors (Lipinski definition) is 3. The van der Waals surface area contributed by atoms with E-state index in [0.717, 1.165) is 17.3 Å². The van der Waals surface area contributed by atoms with Crippen LogP contribution in [-0.4, -0.2) is 28.1 Å². The first-order valence-electron chi connectivity index (χ1n) is 10.1. The lowest BCUT2D eigenvalue weighted by molar-refractivity contribution is -0.122. The van der Waals surface area contributed by atoms with Crippen LogP contribution in [0.5, 0.6) is 5.75 Å². The van der Waals surface area contributed by atoms with Crippen LogP contribution < -0.4 is 20.9 Å². The number of hydrazine groups is 1. The average molecular weight is 439 g/mol. The standard InChI is InChI=1S/C23H26N4O3S/c1-16(2)11-13-30-19-8-5-7-18(14-19)22(29)24-23(31)26-25-21(28)15-27-12-10-17-6-3-4-9-20(17)27/h3-10,12,14,16H,11,13,15H2,1-2H3,(H,25,28)(H2,24,26,29,31). The number of para-hydroxylation sites is 1. The maximum atomic E-state index is 12.4. The van der Waals surface area contributed by atoms with Crippen LogP contribution in [0.1, 0.15) is 30.6 Å². The fourth-order valence-corrected chi connectivity index (χ4v) is 3.09. The van der Waals surface area contributed by atoms with Gasteiger partial charge in [-0.1, -0.05) is 38.1 Å². The third-order valence-electron chi connectivity index (χ3n) is 4.60. The van der Waals surface area contributed by atoms with Crippen LogP contribution in [0, 0.1) is 5.92 Å². The van der Waals surface area contributed by atoms with Gasteiger partial charge in [0.2, 0.25) is 0 Å². The minimum Gasteiger partial charge on any atom is -0.494 e. The maximum absolute atomic E-state index is 12.4. The molecule has 0 aliphatic heterocycles. The van der Waals surface area contributed by atoms with Gasteiger partial charge in [0.1, 0.15) is 12.3 Å². The molecule has 0 radical (unpaired) electrons. The summed E-state index contributed by atoms with van der Waals surface area (Å²) in [6.07, 6.45) is 2.78. The molecule has 0 saturated heterocycles. The highest BCUT2D eigenvalue weighted by molar-refractivity contribution is 7.80. The van der Waals surface area contributed by atoms with Gasteiger partial charge in [-0.05, 0) is 60.3 Å². The van der Waals surface area contributed by atoms with Crippen LogP contribution in [0.25, 0.3) is 10.9 Å². The highest BCUT2D eigenvalue weighted by atomic mass is 32.1. The molecule has 3 N–H and O–H groups in total. The Morgan fingerprint density at radius 2 is 1.87 bits per heavy atom. The van der Waals surface area contributed by atoms with Gasteiger partial charge in [-0.15, -0.1) is 0 Å². The van der Waals surface area contributed by atoms with Crippen LogP contribution in [0.4, 0.5) is 0 Å². The Morgan fingerprint density at radius 3 is 2.68 bits per heavy atom. The van der Waals surface area contributed by atoms with E-state index in [0.29, 0.717) is 23.8 Å². The predicted molar refractivity (Wildman–Crippen MR) is 125 cm³/mol. The Hall–Kier alpha value is -3.39. The Labute approximate surface area is 186 Å². The van der Waals surface area contributed by atoms with Crippen molar-refractivity contribution in [1.82, 2.24) is 20.7 Å². The number of fused-ring (bicyclic) bond motifs is 1. The Kier molecular flexibility index (Phi) is 7.61. The molecular formula is C23H26N4O3S. The molecule has 1 aromatic heterocycles. The number of benzene rings is 2. The Bertz CT molecular complexity index is 1080. The van der Waals surface area contributed by atoms with Gasteiger partial charge in [-0.2, -0.15) is 0 Å². The summed E-state index contributed by atoms with van der Waals surface area (Å²) in [6, 6.07) is 16.6. The number of carbonyl (C=O) groups is 2. The Morgan fingerprint density at radius 1 is 1.06 bits per heavy atom. The zero-order chi connectivity index (χ0) is 22.2. The SMILES string of the molecule is CC(C)CCOc1cccc(C(=O)NC(=S)NNC(=O)Cn2ccc3ccccc32)c1. The summed E-state index contributed by atoms with van der Waals surface area (Å²) in [5.74, 6) is 0.483. The molecule has 7 nitrogen and oxygen atoms in total. The van der Waals surface area contributed by atoms with E-state index < -0.39 is 5.91 Å².